The van der Waals surface area contributed by atoms with Crippen LogP contribution in [0.1, 0.15) is 24.1 Å². The van der Waals surface area contributed by atoms with Gasteiger partial charge in [0, 0.05) is 5.56 Å². The number of anilines is 2. The van der Waals surface area contributed by atoms with Gasteiger partial charge in [0.25, 0.3) is 5.56 Å². The van der Waals surface area contributed by atoms with Crippen LogP contribution in [-0.4, -0.2) is 42.1 Å². The lowest BCUT2D eigenvalue weighted by Crippen LogP contribution is -2.29. The molecular weight excluding hydrogens is 394 g/mol. The highest BCUT2D eigenvalue weighted by molar-refractivity contribution is 7.13. The van der Waals surface area contributed by atoms with Crippen LogP contribution in [0.15, 0.2) is 40.5 Å². The molecule has 0 fully saturated rings. The zero-order chi connectivity index (χ0) is 20.0. The number of aromatic nitrogens is 6. The first kappa shape index (κ1) is 17.4. The summed E-state index contributed by atoms with van der Waals surface area (Å²) in [6.07, 6.45) is 0. The van der Waals surface area contributed by atoms with E-state index in [-0.39, 0.29) is 11.3 Å². The highest BCUT2D eigenvalue weighted by Gasteiger charge is 2.35. The van der Waals surface area contributed by atoms with E-state index in [4.69, 9.17) is 4.74 Å². The van der Waals surface area contributed by atoms with Crippen molar-refractivity contribution < 1.29 is 9.84 Å². The highest BCUT2D eigenvalue weighted by atomic mass is 32.1. The Labute approximate surface area is 167 Å². The van der Waals surface area contributed by atoms with Crippen molar-refractivity contribution in [2.45, 2.75) is 13.0 Å². The molecule has 1 aliphatic rings. The summed E-state index contributed by atoms with van der Waals surface area (Å²) >= 11 is 1.51. The van der Waals surface area contributed by atoms with Crippen LogP contribution in [0.5, 0.6) is 11.5 Å². The standard InChI is InChI=1S/C18H15N7O3S/c1-2-28-11-8-9(5-6-10(11)26)16-13-14(12-4-3-7-29-12)20-21-17(27)15(13)19-18-22-23-24-25(16)18/h3-8,16,26H,2H2,1H3,(H,21,27)(H,19,22,24). The van der Waals surface area contributed by atoms with Crippen molar-refractivity contribution in [1.82, 2.24) is 30.4 Å². The second-order valence-electron chi connectivity index (χ2n) is 6.30. The lowest BCUT2D eigenvalue weighted by molar-refractivity contribution is 0.317. The Morgan fingerprint density at radius 1 is 1.34 bits per heavy atom. The fourth-order valence-corrected chi connectivity index (χ4v) is 4.15. The first-order valence-corrected chi connectivity index (χ1v) is 9.72. The van der Waals surface area contributed by atoms with Gasteiger partial charge in [-0.15, -0.1) is 11.3 Å². The van der Waals surface area contributed by atoms with E-state index in [1.807, 2.05) is 24.4 Å². The fraction of sp³-hybridized carbons (Fsp3) is 0.167. The number of rotatable bonds is 4. The van der Waals surface area contributed by atoms with Gasteiger partial charge in [-0.05, 0) is 46.5 Å². The Balaban J connectivity index is 1.79. The van der Waals surface area contributed by atoms with Gasteiger partial charge >= 0.3 is 0 Å². The van der Waals surface area contributed by atoms with Crippen LogP contribution in [-0.2, 0) is 0 Å². The molecule has 0 saturated heterocycles. The van der Waals surface area contributed by atoms with Gasteiger partial charge in [-0.2, -0.15) is 9.78 Å². The number of phenolic OH excluding ortho intramolecular Hbond substituents is 1. The molecule has 0 spiro atoms. The number of tetrazole rings is 1. The molecule has 4 aromatic rings. The Morgan fingerprint density at radius 3 is 3.03 bits per heavy atom. The van der Waals surface area contributed by atoms with Gasteiger partial charge in [0.1, 0.15) is 17.4 Å². The quantitative estimate of drug-likeness (QED) is 0.412. The Morgan fingerprint density at radius 2 is 2.24 bits per heavy atom. The average Bonchev–Trinajstić information content (AvgIpc) is 3.41. The fourth-order valence-electron chi connectivity index (χ4n) is 3.42. The van der Waals surface area contributed by atoms with Gasteiger partial charge in [-0.1, -0.05) is 17.2 Å². The predicted molar refractivity (Wildman–Crippen MR) is 106 cm³/mol. The van der Waals surface area contributed by atoms with Crippen LogP contribution in [0.3, 0.4) is 0 Å². The summed E-state index contributed by atoms with van der Waals surface area (Å²) < 4.78 is 7.13. The van der Waals surface area contributed by atoms with Crippen molar-refractivity contribution in [3.8, 4) is 22.1 Å². The Hall–Kier alpha value is -3.73. The van der Waals surface area contributed by atoms with Gasteiger partial charge in [-0.25, -0.2) is 5.10 Å². The number of nitrogens with zero attached hydrogens (tertiary/aromatic N) is 5. The summed E-state index contributed by atoms with van der Waals surface area (Å²) in [4.78, 5) is 13.5. The van der Waals surface area contributed by atoms with Crippen molar-refractivity contribution in [2.24, 2.45) is 0 Å². The van der Waals surface area contributed by atoms with E-state index in [0.717, 1.165) is 10.4 Å². The summed E-state index contributed by atoms with van der Waals surface area (Å²) in [5.74, 6) is 0.710. The minimum Gasteiger partial charge on any atom is -0.504 e. The van der Waals surface area contributed by atoms with Crippen LogP contribution in [0.4, 0.5) is 11.6 Å². The molecule has 4 heterocycles. The summed E-state index contributed by atoms with van der Waals surface area (Å²) in [6, 6.07) is 8.34. The van der Waals surface area contributed by atoms with Crippen molar-refractivity contribution in [2.75, 3.05) is 11.9 Å². The van der Waals surface area contributed by atoms with Gasteiger partial charge < -0.3 is 15.2 Å². The average molecular weight is 409 g/mol. The van der Waals surface area contributed by atoms with Gasteiger partial charge in [0.05, 0.1) is 11.5 Å². The van der Waals surface area contributed by atoms with Gasteiger partial charge in [0.2, 0.25) is 5.95 Å². The zero-order valence-corrected chi connectivity index (χ0v) is 16.0. The van der Waals surface area contributed by atoms with Gasteiger partial charge in [-0.3, -0.25) is 4.79 Å². The number of fused-ring (bicyclic) bond motifs is 2. The Kier molecular flexibility index (Phi) is 4.02. The van der Waals surface area contributed by atoms with E-state index >= 15 is 0 Å². The molecule has 29 heavy (non-hydrogen) atoms. The van der Waals surface area contributed by atoms with Crippen molar-refractivity contribution >= 4 is 23.0 Å². The number of ether oxygens (including phenoxy) is 1. The molecule has 0 saturated carbocycles. The van der Waals surface area contributed by atoms with Crippen LogP contribution < -0.4 is 15.6 Å². The van der Waals surface area contributed by atoms with Crippen LogP contribution in [0.2, 0.25) is 0 Å². The van der Waals surface area contributed by atoms with Gasteiger partial charge in [0.15, 0.2) is 11.5 Å². The monoisotopic (exact) mass is 409 g/mol. The molecule has 1 aromatic carbocycles. The topological polar surface area (TPSA) is 131 Å². The van der Waals surface area contributed by atoms with E-state index in [1.165, 1.54) is 11.3 Å². The number of nitrogens with one attached hydrogen (secondary N) is 2. The number of H-pyrrole nitrogens is 1. The number of hydrogen-bond acceptors (Lipinski definition) is 9. The smallest absolute Gasteiger partial charge is 0.288 e. The number of aromatic hydroxyl groups is 1. The molecule has 0 amide bonds. The predicted octanol–water partition coefficient (Wildman–Crippen LogP) is 2.28. The third-order valence-electron chi connectivity index (χ3n) is 4.62. The van der Waals surface area contributed by atoms with Crippen LogP contribution in [0.25, 0.3) is 10.6 Å². The van der Waals surface area contributed by atoms with E-state index < -0.39 is 6.04 Å². The summed E-state index contributed by atoms with van der Waals surface area (Å²) in [5.41, 5.74) is 1.97. The van der Waals surface area contributed by atoms with E-state index in [0.29, 0.717) is 35.2 Å². The molecule has 0 bridgehead atoms. The number of thiophene rings is 1. The molecular formula is C18H15N7O3S. The van der Waals surface area contributed by atoms with Crippen molar-refractivity contribution in [3.63, 3.8) is 0 Å². The molecule has 0 aliphatic carbocycles. The minimum atomic E-state index is -0.539. The minimum absolute atomic E-state index is 0.0317. The normalized spacial score (nSPS) is 14.7. The second kappa shape index (κ2) is 6.71. The van der Waals surface area contributed by atoms with E-state index in [1.54, 1.807) is 22.9 Å². The maximum absolute atomic E-state index is 12.6. The molecule has 1 unspecified atom stereocenters. The molecule has 3 N–H and O–H groups in total. The molecule has 11 heteroatoms. The number of phenols is 1. The second-order valence-corrected chi connectivity index (χ2v) is 7.25. The SMILES string of the molecule is CCOc1cc(C2c3c(-c4cccs4)n[nH]c(=O)c3Nc3nnnn32)ccc1O. The third kappa shape index (κ3) is 2.74. The number of hydrogen-bond donors (Lipinski definition) is 3. The first-order valence-electron chi connectivity index (χ1n) is 8.84. The summed E-state index contributed by atoms with van der Waals surface area (Å²) in [7, 11) is 0. The summed E-state index contributed by atoms with van der Waals surface area (Å²) in [5, 5.41) is 33.8. The Bertz CT molecular complexity index is 1250. The molecule has 0 radical (unpaired) electrons. The number of aromatic amines is 1. The molecule has 1 aliphatic heterocycles. The maximum atomic E-state index is 12.6. The molecule has 10 nitrogen and oxygen atoms in total. The zero-order valence-electron chi connectivity index (χ0n) is 15.2. The molecule has 3 aromatic heterocycles. The lowest BCUT2D eigenvalue weighted by atomic mass is 9.94. The lowest BCUT2D eigenvalue weighted by Gasteiger charge is -2.27. The molecule has 5 rings (SSSR count). The summed E-state index contributed by atoms with van der Waals surface area (Å²) in [6.45, 7) is 2.24. The highest BCUT2D eigenvalue weighted by Crippen LogP contribution is 2.43. The van der Waals surface area contributed by atoms with E-state index in [2.05, 4.69) is 31.0 Å². The van der Waals surface area contributed by atoms with Crippen molar-refractivity contribution in [1.29, 1.82) is 0 Å². The van der Waals surface area contributed by atoms with Crippen molar-refractivity contribution in [3.05, 3.63) is 57.2 Å². The molecule has 146 valence electrons. The maximum Gasteiger partial charge on any atom is 0.288 e. The molecule has 1 atom stereocenters. The van der Waals surface area contributed by atoms with Crippen LogP contribution >= 0.6 is 11.3 Å². The van der Waals surface area contributed by atoms with Crippen LogP contribution in [0, 0.1) is 0 Å². The third-order valence-corrected chi connectivity index (χ3v) is 5.50. The first-order chi connectivity index (χ1) is 14.2. The largest absolute Gasteiger partial charge is 0.504 e. The number of benzene rings is 1. The van der Waals surface area contributed by atoms with E-state index in [9.17, 15) is 9.90 Å².